The van der Waals surface area contributed by atoms with Crippen LogP contribution in [0.1, 0.15) is 47.5 Å². The molecule has 1 aliphatic rings. The number of hydrogen-bond donors (Lipinski definition) is 2. The highest BCUT2D eigenvalue weighted by molar-refractivity contribution is 5.95. The Hall–Kier alpha value is -3.95. The van der Waals surface area contributed by atoms with E-state index in [2.05, 4.69) is 20.4 Å². The number of carbonyl (C=O) groups is 2. The zero-order chi connectivity index (χ0) is 23.7. The van der Waals surface area contributed by atoms with Crippen molar-refractivity contribution in [3.8, 4) is 17.4 Å². The van der Waals surface area contributed by atoms with E-state index in [1.807, 2.05) is 45.9 Å². The summed E-state index contributed by atoms with van der Waals surface area (Å²) in [5.41, 5.74) is 9.35. The third-order valence-corrected chi connectivity index (χ3v) is 5.30. The second-order valence-electron chi connectivity index (χ2n) is 7.91. The molecule has 0 fully saturated rings. The van der Waals surface area contributed by atoms with Gasteiger partial charge in [-0.2, -0.15) is 9.78 Å². The molecule has 3 aromatic rings. The maximum absolute atomic E-state index is 12.7. The predicted octanol–water partition coefficient (Wildman–Crippen LogP) is 2.32. The van der Waals surface area contributed by atoms with Crippen LogP contribution >= 0.6 is 0 Å². The standard InChI is InChI=1S/C23H26N6O4/c1-5-32-18-9-15(6-7-17(18)33-11-19(24)30)16-10-20(31)27-22-21(16)14(4)28-29(22)23-25-12(2)8-13(3)26-23/h6-9,16H,5,10-11H2,1-4H3,(H2,24,30)(H,27,31)/t16-/m0/s1. The Kier molecular flexibility index (Phi) is 5.99. The van der Waals surface area contributed by atoms with E-state index in [4.69, 9.17) is 15.2 Å². The highest BCUT2D eigenvalue weighted by Crippen LogP contribution is 2.42. The molecule has 0 saturated carbocycles. The Labute approximate surface area is 191 Å². The summed E-state index contributed by atoms with van der Waals surface area (Å²) in [5, 5.41) is 7.59. The molecule has 0 radical (unpaired) electrons. The molecule has 1 aliphatic heterocycles. The van der Waals surface area contributed by atoms with Gasteiger partial charge in [-0.25, -0.2) is 9.97 Å². The van der Waals surface area contributed by atoms with Gasteiger partial charge in [-0.1, -0.05) is 6.07 Å². The molecule has 0 aliphatic carbocycles. The van der Waals surface area contributed by atoms with Gasteiger partial charge >= 0.3 is 0 Å². The van der Waals surface area contributed by atoms with Crippen LogP contribution in [0.15, 0.2) is 24.3 Å². The van der Waals surface area contributed by atoms with E-state index in [-0.39, 0.29) is 24.9 Å². The van der Waals surface area contributed by atoms with Crippen molar-refractivity contribution in [1.29, 1.82) is 0 Å². The van der Waals surface area contributed by atoms with Crippen molar-refractivity contribution >= 4 is 17.6 Å². The molecular weight excluding hydrogens is 424 g/mol. The molecule has 10 heteroatoms. The number of aromatic nitrogens is 4. The van der Waals surface area contributed by atoms with E-state index in [9.17, 15) is 9.59 Å². The minimum Gasteiger partial charge on any atom is -0.490 e. The van der Waals surface area contributed by atoms with Crippen molar-refractivity contribution in [3.05, 3.63) is 52.5 Å². The first-order valence-corrected chi connectivity index (χ1v) is 10.7. The summed E-state index contributed by atoms with van der Waals surface area (Å²) in [4.78, 5) is 32.8. The number of carbonyl (C=O) groups excluding carboxylic acids is 2. The fourth-order valence-corrected chi connectivity index (χ4v) is 4.06. The van der Waals surface area contributed by atoms with Crippen LogP contribution in [-0.2, 0) is 9.59 Å². The van der Waals surface area contributed by atoms with E-state index in [1.54, 1.807) is 10.7 Å². The lowest BCUT2D eigenvalue weighted by atomic mass is 9.85. The SMILES string of the molecule is CCOc1cc([C@@H]2CC(=O)Nc3c2c(C)nn3-c2nc(C)cc(C)n2)ccc1OCC(N)=O. The molecule has 172 valence electrons. The van der Waals surface area contributed by atoms with Crippen molar-refractivity contribution in [2.75, 3.05) is 18.5 Å². The average Bonchev–Trinajstić information content (AvgIpc) is 3.08. The van der Waals surface area contributed by atoms with Gasteiger partial charge in [0.1, 0.15) is 5.82 Å². The number of primary amides is 1. The van der Waals surface area contributed by atoms with Gasteiger partial charge in [-0.05, 0) is 51.5 Å². The minimum atomic E-state index is -0.577. The van der Waals surface area contributed by atoms with Crippen molar-refractivity contribution in [2.24, 2.45) is 5.73 Å². The number of ether oxygens (including phenoxy) is 2. The number of rotatable bonds is 7. The van der Waals surface area contributed by atoms with Gasteiger partial charge in [-0.15, -0.1) is 0 Å². The first-order valence-electron chi connectivity index (χ1n) is 10.7. The zero-order valence-electron chi connectivity index (χ0n) is 19.0. The summed E-state index contributed by atoms with van der Waals surface area (Å²) in [7, 11) is 0. The van der Waals surface area contributed by atoms with Crippen molar-refractivity contribution in [3.63, 3.8) is 0 Å². The van der Waals surface area contributed by atoms with Gasteiger partial charge in [0.25, 0.3) is 11.9 Å². The summed E-state index contributed by atoms with van der Waals surface area (Å²) in [5.74, 6) is 0.894. The molecule has 3 heterocycles. The fraction of sp³-hybridized carbons (Fsp3) is 0.348. The molecule has 1 aromatic carbocycles. The van der Waals surface area contributed by atoms with Crippen LogP contribution < -0.4 is 20.5 Å². The number of benzene rings is 1. The monoisotopic (exact) mass is 450 g/mol. The highest BCUT2D eigenvalue weighted by Gasteiger charge is 2.33. The molecule has 33 heavy (non-hydrogen) atoms. The lowest BCUT2D eigenvalue weighted by Crippen LogP contribution is -2.25. The topological polar surface area (TPSA) is 134 Å². The number of nitrogens with zero attached hydrogens (tertiary/aromatic N) is 4. The Bertz CT molecular complexity index is 1220. The lowest BCUT2D eigenvalue weighted by molar-refractivity contribution is -0.120. The normalized spacial score (nSPS) is 15.0. The van der Waals surface area contributed by atoms with Gasteiger partial charge in [0.15, 0.2) is 18.1 Å². The molecular formula is C23H26N6O4. The van der Waals surface area contributed by atoms with Crippen LogP contribution in [0.4, 0.5) is 5.82 Å². The van der Waals surface area contributed by atoms with E-state index in [0.717, 1.165) is 28.2 Å². The molecule has 10 nitrogen and oxygen atoms in total. The van der Waals surface area contributed by atoms with Crippen LogP contribution in [0, 0.1) is 20.8 Å². The van der Waals surface area contributed by atoms with Gasteiger partial charge in [-0.3, -0.25) is 9.59 Å². The second-order valence-corrected chi connectivity index (χ2v) is 7.91. The van der Waals surface area contributed by atoms with Gasteiger partial charge < -0.3 is 20.5 Å². The third kappa shape index (κ3) is 4.50. The van der Waals surface area contributed by atoms with Crippen LogP contribution in [0.2, 0.25) is 0 Å². The molecule has 2 amide bonds. The molecule has 0 spiro atoms. The van der Waals surface area contributed by atoms with Gasteiger partial charge in [0.2, 0.25) is 5.91 Å². The predicted molar refractivity (Wildman–Crippen MR) is 121 cm³/mol. The number of nitrogens with two attached hydrogens (primary N) is 1. The van der Waals surface area contributed by atoms with E-state index < -0.39 is 5.91 Å². The average molecular weight is 450 g/mol. The van der Waals surface area contributed by atoms with Crippen LogP contribution in [-0.4, -0.2) is 44.8 Å². The Balaban J connectivity index is 1.78. The summed E-state index contributed by atoms with van der Waals surface area (Å²) >= 11 is 0. The quantitative estimate of drug-likeness (QED) is 0.564. The van der Waals surface area contributed by atoms with Crippen LogP contribution in [0.25, 0.3) is 5.95 Å². The number of amides is 2. The lowest BCUT2D eigenvalue weighted by Gasteiger charge is -2.25. The molecule has 4 rings (SSSR count). The number of hydrogen-bond acceptors (Lipinski definition) is 7. The molecule has 0 saturated heterocycles. The third-order valence-electron chi connectivity index (χ3n) is 5.30. The molecule has 1 atom stereocenters. The Morgan fingerprint density at radius 3 is 2.55 bits per heavy atom. The largest absolute Gasteiger partial charge is 0.490 e. The first-order chi connectivity index (χ1) is 15.8. The highest BCUT2D eigenvalue weighted by atomic mass is 16.5. The minimum absolute atomic E-state index is 0.134. The van der Waals surface area contributed by atoms with E-state index in [1.165, 1.54) is 0 Å². The Morgan fingerprint density at radius 1 is 1.15 bits per heavy atom. The van der Waals surface area contributed by atoms with Crippen molar-refractivity contribution in [2.45, 2.75) is 40.0 Å². The fourth-order valence-electron chi connectivity index (χ4n) is 4.06. The van der Waals surface area contributed by atoms with Crippen molar-refractivity contribution < 1.29 is 19.1 Å². The molecule has 2 aromatic heterocycles. The number of nitrogens with one attached hydrogen (secondary N) is 1. The summed E-state index contributed by atoms with van der Waals surface area (Å²) in [6.45, 7) is 7.69. The number of fused-ring (bicyclic) bond motifs is 1. The Morgan fingerprint density at radius 2 is 1.88 bits per heavy atom. The second kappa shape index (κ2) is 8.89. The van der Waals surface area contributed by atoms with E-state index in [0.29, 0.717) is 29.9 Å². The first kappa shape index (κ1) is 22.3. The van der Waals surface area contributed by atoms with Crippen molar-refractivity contribution in [1.82, 2.24) is 19.7 Å². The smallest absolute Gasteiger partial charge is 0.255 e. The molecule has 0 bridgehead atoms. The van der Waals surface area contributed by atoms with Gasteiger partial charge in [0, 0.05) is 29.3 Å². The molecule has 0 unspecified atom stereocenters. The maximum Gasteiger partial charge on any atom is 0.255 e. The zero-order valence-corrected chi connectivity index (χ0v) is 19.0. The van der Waals surface area contributed by atoms with Crippen LogP contribution in [0.5, 0.6) is 11.5 Å². The number of aryl methyl sites for hydroxylation is 3. The summed E-state index contributed by atoms with van der Waals surface area (Å²) in [6, 6.07) is 7.29. The number of anilines is 1. The molecule has 3 N–H and O–H groups in total. The summed E-state index contributed by atoms with van der Waals surface area (Å²) < 4.78 is 12.8. The summed E-state index contributed by atoms with van der Waals surface area (Å²) in [6.07, 6.45) is 0.250. The van der Waals surface area contributed by atoms with Gasteiger partial charge in [0.05, 0.1) is 12.3 Å². The van der Waals surface area contributed by atoms with E-state index >= 15 is 0 Å². The maximum atomic E-state index is 12.7. The van der Waals surface area contributed by atoms with Crippen LogP contribution in [0.3, 0.4) is 0 Å².